The number of rotatable bonds is 5. The summed E-state index contributed by atoms with van der Waals surface area (Å²) in [6.45, 7) is 5.75. The number of hydrogen-bond acceptors (Lipinski definition) is 4. The van der Waals surface area contributed by atoms with Gasteiger partial charge in [-0.25, -0.2) is 4.98 Å². The van der Waals surface area contributed by atoms with Crippen LogP contribution in [0.15, 0.2) is 24.8 Å². The van der Waals surface area contributed by atoms with E-state index >= 15 is 0 Å². The quantitative estimate of drug-likeness (QED) is 0.887. The molecule has 0 radical (unpaired) electrons. The van der Waals surface area contributed by atoms with E-state index in [4.69, 9.17) is 0 Å². The second-order valence-corrected chi connectivity index (χ2v) is 6.37. The van der Waals surface area contributed by atoms with Crippen LogP contribution in [-0.4, -0.2) is 44.2 Å². The Labute approximate surface area is 134 Å². The van der Waals surface area contributed by atoms with Crippen LogP contribution < -0.4 is 5.32 Å². The molecule has 3 rings (SSSR count). The molecule has 2 aromatic heterocycles. The lowest BCUT2D eigenvalue weighted by molar-refractivity contribution is -0.129. The number of likely N-dealkylation sites (tertiary alicyclic amines) is 1. The molecule has 0 aromatic carbocycles. The van der Waals surface area contributed by atoms with Crippen molar-refractivity contribution in [3.05, 3.63) is 30.5 Å². The van der Waals surface area contributed by atoms with E-state index in [1.807, 2.05) is 10.6 Å². The Morgan fingerprint density at radius 2 is 2.26 bits per heavy atom. The average Bonchev–Trinajstić information content (AvgIpc) is 3.09. The summed E-state index contributed by atoms with van der Waals surface area (Å²) in [5, 5.41) is 2.91. The summed E-state index contributed by atoms with van der Waals surface area (Å²) in [5.41, 5.74) is 1.63. The molecule has 1 fully saturated rings. The Morgan fingerprint density at radius 3 is 3.04 bits per heavy atom. The molecular weight excluding hydrogens is 294 g/mol. The van der Waals surface area contributed by atoms with Crippen molar-refractivity contribution in [1.82, 2.24) is 24.6 Å². The summed E-state index contributed by atoms with van der Waals surface area (Å²) >= 11 is 0. The predicted molar refractivity (Wildman–Crippen MR) is 84.4 cm³/mol. The minimum absolute atomic E-state index is 0.0692. The van der Waals surface area contributed by atoms with Crippen molar-refractivity contribution < 1.29 is 9.59 Å². The molecule has 2 amide bonds. The summed E-state index contributed by atoms with van der Waals surface area (Å²) in [7, 11) is 0. The zero-order valence-corrected chi connectivity index (χ0v) is 13.4. The van der Waals surface area contributed by atoms with Crippen molar-refractivity contribution >= 4 is 17.5 Å². The molecule has 122 valence electrons. The van der Waals surface area contributed by atoms with Gasteiger partial charge in [0, 0.05) is 31.9 Å². The summed E-state index contributed by atoms with van der Waals surface area (Å²) in [6.07, 6.45) is 7.19. The molecule has 3 heterocycles. The van der Waals surface area contributed by atoms with Gasteiger partial charge in [-0.05, 0) is 5.92 Å². The van der Waals surface area contributed by atoms with E-state index in [0.717, 1.165) is 11.3 Å². The fraction of sp³-hybridized carbons (Fsp3) is 0.500. The highest BCUT2D eigenvalue weighted by Crippen LogP contribution is 2.19. The molecule has 1 aliphatic rings. The van der Waals surface area contributed by atoms with Gasteiger partial charge < -0.3 is 10.2 Å². The van der Waals surface area contributed by atoms with Crippen LogP contribution in [0.25, 0.3) is 5.65 Å². The van der Waals surface area contributed by atoms with E-state index in [-0.39, 0.29) is 17.7 Å². The van der Waals surface area contributed by atoms with Crippen LogP contribution in [0.5, 0.6) is 0 Å². The van der Waals surface area contributed by atoms with Crippen LogP contribution in [0.3, 0.4) is 0 Å². The second-order valence-electron chi connectivity index (χ2n) is 6.37. The minimum Gasteiger partial charge on any atom is -0.350 e. The number of amides is 2. The van der Waals surface area contributed by atoms with Crippen LogP contribution in [0, 0.1) is 11.8 Å². The molecule has 0 bridgehead atoms. The van der Waals surface area contributed by atoms with Crippen molar-refractivity contribution in [1.29, 1.82) is 0 Å². The molecule has 1 saturated heterocycles. The lowest BCUT2D eigenvalue weighted by Gasteiger charge is -2.18. The lowest BCUT2D eigenvalue weighted by Crippen LogP contribution is -2.34. The van der Waals surface area contributed by atoms with Crippen LogP contribution >= 0.6 is 0 Å². The molecule has 23 heavy (non-hydrogen) atoms. The molecule has 1 N–H and O–H groups in total. The molecule has 0 saturated carbocycles. The Hall–Kier alpha value is -2.44. The van der Waals surface area contributed by atoms with Crippen molar-refractivity contribution in [2.45, 2.75) is 26.8 Å². The van der Waals surface area contributed by atoms with E-state index in [9.17, 15) is 9.59 Å². The highest BCUT2D eigenvalue weighted by atomic mass is 16.2. The smallest absolute Gasteiger partial charge is 0.225 e. The van der Waals surface area contributed by atoms with Gasteiger partial charge in [0.2, 0.25) is 11.8 Å². The zero-order valence-electron chi connectivity index (χ0n) is 13.4. The highest BCUT2D eigenvalue weighted by Gasteiger charge is 2.34. The largest absolute Gasteiger partial charge is 0.350 e. The first kappa shape index (κ1) is 15.5. The molecule has 7 nitrogen and oxygen atoms in total. The fourth-order valence-corrected chi connectivity index (χ4v) is 2.91. The minimum atomic E-state index is -0.262. The number of carbonyl (C=O) groups excluding carboxylic acids is 2. The molecule has 0 unspecified atom stereocenters. The third-order valence-electron chi connectivity index (χ3n) is 4.01. The predicted octanol–water partition coefficient (Wildman–Crippen LogP) is 0.850. The maximum Gasteiger partial charge on any atom is 0.225 e. The molecule has 1 aliphatic heterocycles. The maximum atomic E-state index is 12.3. The van der Waals surface area contributed by atoms with Crippen LogP contribution in [0.2, 0.25) is 0 Å². The summed E-state index contributed by atoms with van der Waals surface area (Å²) < 4.78 is 1.89. The summed E-state index contributed by atoms with van der Waals surface area (Å²) in [4.78, 5) is 34.3. The molecule has 0 aliphatic carbocycles. The van der Waals surface area contributed by atoms with Gasteiger partial charge in [-0.15, -0.1) is 0 Å². The number of nitrogens with one attached hydrogen (secondary N) is 1. The van der Waals surface area contributed by atoms with Crippen LogP contribution in [-0.2, 0) is 16.1 Å². The first-order valence-electron chi connectivity index (χ1n) is 7.86. The normalized spacial score (nSPS) is 18.1. The van der Waals surface area contributed by atoms with E-state index in [1.165, 1.54) is 0 Å². The highest BCUT2D eigenvalue weighted by molar-refractivity contribution is 5.89. The first-order chi connectivity index (χ1) is 11.0. The summed E-state index contributed by atoms with van der Waals surface area (Å²) in [6, 6.07) is 0. The number of hydrogen-bond donors (Lipinski definition) is 1. The SMILES string of the molecule is CC(C)CN1C[C@H](C(=O)NCc2cnc3cnccn23)CC1=O. The van der Waals surface area contributed by atoms with Gasteiger partial charge in [-0.1, -0.05) is 13.8 Å². The standard InChI is InChI=1S/C16H21N5O2/c1-11(2)9-20-10-12(5-15(20)22)16(23)19-7-13-6-18-14-8-17-3-4-21(13)14/h3-4,6,8,11-12H,5,7,9-10H2,1-2H3,(H,19,23)/t12-/m1/s1. The fourth-order valence-electron chi connectivity index (χ4n) is 2.91. The summed E-state index contributed by atoms with van der Waals surface area (Å²) in [5.74, 6) is 0.142. The van der Waals surface area contributed by atoms with Crippen molar-refractivity contribution in [3.8, 4) is 0 Å². The molecule has 1 atom stereocenters. The zero-order chi connectivity index (χ0) is 16.4. The van der Waals surface area contributed by atoms with E-state index < -0.39 is 0 Å². The van der Waals surface area contributed by atoms with Crippen molar-refractivity contribution in [2.75, 3.05) is 13.1 Å². The third-order valence-corrected chi connectivity index (χ3v) is 4.01. The monoisotopic (exact) mass is 315 g/mol. The number of nitrogens with zero attached hydrogens (tertiary/aromatic N) is 4. The van der Waals surface area contributed by atoms with Gasteiger partial charge in [0.05, 0.1) is 30.6 Å². The van der Waals surface area contributed by atoms with Crippen molar-refractivity contribution in [3.63, 3.8) is 0 Å². The van der Waals surface area contributed by atoms with Gasteiger partial charge in [-0.2, -0.15) is 0 Å². The van der Waals surface area contributed by atoms with Gasteiger partial charge in [0.1, 0.15) is 0 Å². The van der Waals surface area contributed by atoms with Gasteiger partial charge >= 0.3 is 0 Å². The Morgan fingerprint density at radius 1 is 1.43 bits per heavy atom. The topological polar surface area (TPSA) is 79.6 Å². The average molecular weight is 315 g/mol. The lowest BCUT2D eigenvalue weighted by atomic mass is 10.1. The first-order valence-corrected chi connectivity index (χ1v) is 7.86. The van der Waals surface area contributed by atoms with E-state index in [1.54, 1.807) is 23.5 Å². The second kappa shape index (κ2) is 6.36. The Kier molecular flexibility index (Phi) is 4.27. The van der Waals surface area contributed by atoms with E-state index in [2.05, 4.69) is 29.1 Å². The van der Waals surface area contributed by atoms with Gasteiger partial charge in [-0.3, -0.25) is 19.0 Å². The van der Waals surface area contributed by atoms with Crippen LogP contribution in [0.1, 0.15) is 26.0 Å². The van der Waals surface area contributed by atoms with Gasteiger partial charge in [0.15, 0.2) is 5.65 Å². The number of carbonyl (C=O) groups is 2. The molecular formula is C16H21N5O2. The van der Waals surface area contributed by atoms with E-state index in [0.29, 0.717) is 32.0 Å². The number of fused-ring (bicyclic) bond motifs is 1. The Bertz CT molecular complexity index is 724. The molecule has 7 heteroatoms. The van der Waals surface area contributed by atoms with Gasteiger partial charge in [0.25, 0.3) is 0 Å². The van der Waals surface area contributed by atoms with Crippen LogP contribution in [0.4, 0.5) is 0 Å². The number of aromatic nitrogens is 3. The molecule has 0 spiro atoms. The molecule has 2 aromatic rings. The third kappa shape index (κ3) is 3.33. The maximum absolute atomic E-state index is 12.3. The number of imidazole rings is 1. The Balaban J connectivity index is 1.59. The van der Waals surface area contributed by atoms with Crippen molar-refractivity contribution in [2.24, 2.45) is 11.8 Å².